The van der Waals surface area contributed by atoms with E-state index in [4.69, 9.17) is 4.52 Å². The fourth-order valence-electron chi connectivity index (χ4n) is 1.44. The highest BCUT2D eigenvalue weighted by Gasteiger charge is 2.20. The van der Waals surface area contributed by atoms with Gasteiger partial charge in [0.25, 0.3) is 5.91 Å². The Morgan fingerprint density at radius 3 is 2.88 bits per heavy atom. The fourth-order valence-corrected chi connectivity index (χ4v) is 2.24. The molecule has 0 fully saturated rings. The van der Waals surface area contributed by atoms with Crippen LogP contribution in [0.3, 0.4) is 0 Å². The molecule has 5 heteroatoms. The van der Waals surface area contributed by atoms with Crippen molar-refractivity contribution in [3.05, 3.63) is 17.5 Å². The van der Waals surface area contributed by atoms with Crippen molar-refractivity contribution in [3.63, 3.8) is 0 Å². The predicted molar refractivity (Wildman–Crippen MR) is 70.4 cm³/mol. The Labute approximate surface area is 107 Å². The summed E-state index contributed by atoms with van der Waals surface area (Å²) in [7, 11) is 1.81. The van der Waals surface area contributed by atoms with Gasteiger partial charge in [0.15, 0.2) is 5.69 Å². The molecule has 1 aromatic rings. The lowest BCUT2D eigenvalue weighted by molar-refractivity contribution is 0.0731. The van der Waals surface area contributed by atoms with Crippen LogP contribution in [0.2, 0.25) is 0 Å². The largest absolute Gasteiger partial charge is 0.361 e. The molecule has 0 aromatic carbocycles. The van der Waals surface area contributed by atoms with Gasteiger partial charge in [-0.05, 0) is 31.8 Å². The van der Waals surface area contributed by atoms with E-state index >= 15 is 0 Å². The number of hydrogen-bond donors (Lipinski definition) is 0. The first-order valence-corrected chi connectivity index (χ1v) is 7.00. The van der Waals surface area contributed by atoms with Crippen LogP contribution >= 0.6 is 11.8 Å². The monoisotopic (exact) mass is 256 g/mol. The third-order valence-electron chi connectivity index (χ3n) is 2.71. The van der Waals surface area contributed by atoms with E-state index in [1.807, 2.05) is 18.8 Å². The Balaban J connectivity index is 2.51. The molecular weight excluding hydrogens is 236 g/mol. The molecule has 0 saturated heterocycles. The maximum atomic E-state index is 12.0. The molecular formula is C12H20N2O2S. The van der Waals surface area contributed by atoms with Crippen molar-refractivity contribution in [2.45, 2.75) is 33.2 Å². The standard InChI is InChI=1S/C12H20N2O2S/c1-5-17-7-6-9(2)14(4)12(15)11-8-10(3)16-13-11/h8-9H,5-7H2,1-4H3. The van der Waals surface area contributed by atoms with E-state index in [-0.39, 0.29) is 11.9 Å². The van der Waals surface area contributed by atoms with E-state index in [1.54, 1.807) is 17.9 Å². The van der Waals surface area contributed by atoms with Crippen LogP contribution in [0.15, 0.2) is 10.6 Å². The normalized spacial score (nSPS) is 12.5. The quantitative estimate of drug-likeness (QED) is 0.734. The highest BCUT2D eigenvalue weighted by Crippen LogP contribution is 2.12. The molecule has 0 bridgehead atoms. The van der Waals surface area contributed by atoms with Gasteiger partial charge in [0.05, 0.1) is 0 Å². The molecule has 0 aliphatic carbocycles. The first-order chi connectivity index (χ1) is 8.06. The average Bonchev–Trinajstić information content (AvgIpc) is 2.74. The first kappa shape index (κ1) is 14.1. The second kappa shape index (κ2) is 6.69. The first-order valence-electron chi connectivity index (χ1n) is 5.84. The van der Waals surface area contributed by atoms with Gasteiger partial charge < -0.3 is 9.42 Å². The molecule has 0 radical (unpaired) electrons. The molecule has 1 unspecified atom stereocenters. The van der Waals surface area contributed by atoms with Crippen LogP contribution in [0.5, 0.6) is 0 Å². The summed E-state index contributed by atoms with van der Waals surface area (Å²) in [5.74, 6) is 2.78. The maximum Gasteiger partial charge on any atom is 0.276 e. The number of amides is 1. The van der Waals surface area contributed by atoms with E-state index in [1.165, 1.54) is 0 Å². The van der Waals surface area contributed by atoms with Gasteiger partial charge in [-0.15, -0.1) is 0 Å². The topological polar surface area (TPSA) is 46.3 Å². The molecule has 96 valence electrons. The lowest BCUT2D eigenvalue weighted by atomic mass is 10.2. The van der Waals surface area contributed by atoms with Crippen molar-refractivity contribution in [2.24, 2.45) is 0 Å². The van der Waals surface area contributed by atoms with Crippen LogP contribution in [0, 0.1) is 6.92 Å². The third-order valence-corrected chi connectivity index (χ3v) is 3.65. The van der Waals surface area contributed by atoms with E-state index in [2.05, 4.69) is 19.0 Å². The molecule has 0 aliphatic rings. The van der Waals surface area contributed by atoms with Gasteiger partial charge >= 0.3 is 0 Å². The zero-order valence-electron chi connectivity index (χ0n) is 10.9. The Kier molecular flexibility index (Phi) is 5.55. The summed E-state index contributed by atoms with van der Waals surface area (Å²) in [5.41, 5.74) is 0.389. The van der Waals surface area contributed by atoms with Crippen LogP contribution in [-0.2, 0) is 0 Å². The van der Waals surface area contributed by atoms with Gasteiger partial charge in [-0.1, -0.05) is 12.1 Å². The predicted octanol–water partition coefficient (Wildman–Crippen LogP) is 2.59. The molecule has 1 aromatic heterocycles. The Morgan fingerprint density at radius 2 is 2.35 bits per heavy atom. The van der Waals surface area contributed by atoms with Crippen molar-refractivity contribution >= 4 is 17.7 Å². The van der Waals surface area contributed by atoms with E-state index in [0.717, 1.165) is 17.9 Å². The van der Waals surface area contributed by atoms with E-state index in [0.29, 0.717) is 11.5 Å². The third kappa shape index (κ3) is 4.07. The van der Waals surface area contributed by atoms with Gasteiger partial charge in [0.2, 0.25) is 0 Å². The molecule has 0 spiro atoms. The summed E-state index contributed by atoms with van der Waals surface area (Å²) in [5, 5.41) is 3.74. The number of nitrogens with zero attached hydrogens (tertiary/aromatic N) is 2. The van der Waals surface area contributed by atoms with Gasteiger partial charge in [-0.25, -0.2) is 0 Å². The molecule has 0 N–H and O–H groups in total. The zero-order valence-corrected chi connectivity index (χ0v) is 11.7. The fraction of sp³-hybridized carbons (Fsp3) is 0.667. The molecule has 0 aliphatic heterocycles. The lowest BCUT2D eigenvalue weighted by Gasteiger charge is -2.23. The molecule has 1 rings (SSSR count). The highest BCUT2D eigenvalue weighted by atomic mass is 32.2. The summed E-state index contributed by atoms with van der Waals surface area (Å²) in [4.78, 5) is 13.8. The Bertz CT molecular complexity index is 365. The van der Waals surface area contributed by atoms with Gasteiger partial charge in [-0.3, -0.25) is 4.79 Å². The van der Waals surface area contributed by atoms with Gasteiger partial charge in [0.1, 0.15) is 5.76 Å². The number of hydrogen-bond acceptors (Lipinski definition) is 4. The van der Waals surface area contributed by atoms with Crippen LogP contribution in [0.25, 0.3) is 0 Å². The minimum absolute atomic E-state index is 0.0733. The van der Waals surface area contributed by atoms with E-state index in [9.17, 15) is 4.79 Å². The molecule has 1 heterocycles. The van der Waals surface area contributed by atoms with Gasteiger partial charge in [0, 0.05) is 19.2 Å². The molecule has 1 amide bonds. The van der Waals surface area contributed by atoms with Crippen molar-refractivity contribution in [1.82, 2.24) is 10.1 Å². The number of thioether (sulfide) groups is 1. The minimum Gasteiger partial charge on any atom is -0.361 e. The number of aryl methyl sites for hydroxylation is 1. The summed E-state index contributed by atoms with van der Waals surface area (Å²) >= 11 is 1.89. The summed E-state index contributed by atoms with van der Waals surface area (Å²) in [6.45, 7) is 5.98. The van der Waals surface area contributed by atoms with Gasteiger partial charge in [-0.2, -0.15) is 11.8 Å². The number of carbonyl (C=O) groups excluding carboxylic acids is 1. The highest BCUT2D eigenvalue weighted by molar-refractivity contribution is 7.99. The maximum absolute atomic E-state index is 12.0. The number of carbonyl (C=O) groups is 1. The Hall–Kier alpha value is -0.970. The zero-order chi connectivity index (χ0) is 12.8. The van der Waals surface area contributed by atoms with Crippen molar-refractivity contribution in [1.29, 1.82) is 0 Å². The van der Waals surface area contributed by atoms with Crippen molar-refractivity contribution in [2.75, 3.05) is 18.6 Å². The van der Waals surface area contributed by atoms with Crippen molar-refractivity contribution < 1.29 is 9.32 Å². The van der Waals surface area contributed by atoms with Crippen LogP contribution in [0.1, 0.15) is 36.5 Å². The molecule has 4 nitrogen and oxygen atoms in total. The Morgan fingerprint density at radius 1 is 1.65 bits per heavy atom. The van der Waals surface area contributed by atoms with E-state index < -0.39 is 0 Å². The second-order valence-corrected chi connectivity index (χ2v) is 5.47. The minimum atomic E-state index is -0.0733. The summed E-state index contributed by atoms with van der Waals surface area (Å²) in [6, 6.07) is 1.89. The number of rotatable bonds is 6. The average molecular weight is 256 g/mol. The van der Waals surface area contributed by atoms with Crippen LogP contribution in [-0.4, -0.2) is 40.6 Å². The summed E-state index contributed by atoms with van der Waals surface area (Å²) in [6.07, 6.45) is 0.998. The second-order valence-electron chi connectivity index (χ2n) is 4.07. The van der Waals surface area contributed by atoms with Crippen LogP contribution in [0.4, 0.5) is 0 Å². The van der Waals surface area contributed by atoms with Crippen molar-refractivity contribution in [3.8, 4) is 0 Å². The SMILES string of the molecule is CCSCCC(C)N(C)C(=O)c1cc(C)on1. The molecule has 17 heavy (non-hydrogen) atoms. The smallest absolute Gasteiger partial charge is 0.276 e. The lowest BCUT2D eigenvalue weighted by Crippen LogP contribution is -2.35. The molecule has 1 atom stereocenters. The summed E-state index contributed by atoms with van der Waals surface area (Å²) < 4.78 is 4.91. The van der Waals surface area contributed by atoms with Crippen LogP contribution < -0.4 is 0 Å². The number of aromatic nitrogens is 1. The molecule has 0 saturated carbocycles.